The van der Waals surface area contributed by atoms with Crippen LogP contribution in [0.15, 0.2) is 12.1 Å². The van der Waals surface area contributed by atoms with Gasteiger partial charge in [0.15, 0.2) is 0 Å². The summed E-state index contributed by atoms with van der Waals surface area (Å²) < 4.78 is 0. The second-order valence-corrected chi connectivity index (χ2v) is 3.63. The molecule has 1 aromatic rings. The Balaban J connectivity index is 2.57. The summed E-state index contributed by atoms with van der Waals surface area (Å²) in [7, 11) is 0. The summed E-state index contributed by atoms with van der Waals surface area (Å²) in [5.41, 5.74) is 4.18. The van der Waals surface area contributed by atoms with Crippen molar-refractivity contribution in [3.8, 4) is 0 Å². The Morgan fingerprint density at radius 3 is 2.55 bits per heavy atom. The third-order valence-corrected chi connectivity index (χ3v) is 2.78. The molecule has 1 heteroatoms. The Hall–Kier alpha value is -0.490. The van der Waals surface area contributed by atoms with Crippen LogP contribution < -0.4 is 0 Å². The molecule has 0 N–H and O–H groups in total. The number of hydrogen-bond donors (Lipinski definition) is 0. The van der Waals surface area contributed by atoms with Gasteiger partial charge in [-0.2, -0.15) is 0 Å². The molecule has 0 bridgehead atoms. The smallest absolute Gasteiger partial charge is 0.0438 e. The molecule has 58 valence electrons. The van der Waals surface area contributed by atoms with Gasteiger partial charge in [0.25, 0.3) is 0 Å². The molecule has 0 heterocycles. The van der Waals surface area contributed by atoms with Gasteiger partial charge in [0.05, 0.1) is 0 Å². The van der Waals surface area contributed by atoms with Crippen LogP contribution in [0.4, 0.5) is 0 Å². The number of benzene rings is 1. The van der Waals surface area contributed by atoms with Crippen LogP contribution in [0.5, 0.6) is 0 Å². The van der Waals surface area contributed by atoms with Crippen molar-refractivity contribution in [1.29, 1.82) is 0 Å². The minimum atomic E-state index is 0.922. The predicted molar refractivity (Wildman–Crippen MR) is 48.2 cm³/mol. The predicted octanol–water partition coefficient (Wildman–Crippen LogP) is 3.14. The zero-order valence-corrected chi connectivity index (χ0v) is 7.41. The summed E-state index contributed by atoms with van der Waals surface area (Å²) in [6.07, 6.45) is 3.76. The first-order valence-electron chi connectivity index (χ1n) is 4.05. The lowest BCUT2D eigenvalue weighted by Crippen LogP contribution is -1.84. The van der Waals surface area contributed by atoms with Crippen LogP contribution in [0.1, 0.15) is 23.1 Å². The number of aryl methyl sites for hydroxylation is 3. The first kappa shape index (κ1) is 7.17. The van der Waals surface area contributed by atoms with Crippen molar-refractivity contribution in [2.75, 3.05) is 0 Å². The number of halogens is 1. The molecule has 0 nitrogen and oxygen atoms in total. The number of fused-ring (bicyclic) bond motifs is 1. The average Bonchev–Trinajstić information content (AvgIpc) is 2.36. The lowest BCUT2D eigenvalue weighted by atomic mass is 10.1. The van der Waals surface area contributed by atoms with Crippen LogP contribution in [-0.4, -0.2) is 0 Å². The van der Waals surface area contributed by atoms with Gasteiger partial charge in [0.2, 0.25) is 0 Å². The zero-order valence-electron chi connectivity index (χ0n) is 6.65. The van der Waals surface area contributed by atoms with Gasteiger partial charge in [-0.3, -0.25) is 0 Å². The number of hydrogen-bond acceptors (Lipinski definition) is 0. The lowest BCUT2D eigenvalue weighted by Gasteiger charge is -2.02. The molecule has 1 aliphatic carbocycles. The Morgan fingerprint density at radius 2 is 1.82 bits per heavy atom. The third-order valence-electron chi connectivity index (χ3n) is 2.37. The first-order chi connectivity index (χ1) is 5.27. The lowest BCUT2D eigenvalue weighted by molar-refractivity contribution is 0.911. The fourth-order valence-corrected chi connectivity index (χ4v) is 1.90. The highest BCUT2D eigenvalue weighted by Gasteiger charge is 2.11. The molecule has 0 amide bonds. The summed E-state index contributed by atoms with van der Waals surface area (Å²) >= 11 is 5.99. The van der Waals surface area contributed by atoms with E-state index in [4.69, 9.17) is 11.6 Å². The monoisotopic (exact) mass is 166 g/mol. The largest absolute Gasteiger partial charge is 0.0840 e. The maximum atomic E-state index is 5.99. The molecule has 11 heavy (non-hydrogen) atoms. The summed E-state index contributed by atoms with van der Waals surface area (Å²) in [5.74, 6) is 0. The average molecular weight is 167 g/mol. The van der Waals surface area contributed by atoms with Crippen molar-refractivity contribution < 1.29 is 0 Å². The van der Waals surface area contributed by atoms with E-state index in [2.05, 4.69) is 19.1 Å². The molecular formula is C10H11Cl. The molecule has 0 aromatic heterocycles. The van der Waals surface area contributed by atoms with Crippen LogP contribution in [0, 0.1) is 6.92 Å². The van der Waals surface area contributed by atoms with Gasteiger partial charge in [-0.05, 0) is 48.9 Å². The molecule has 0 spiro atoms. The summed E-state index contributed by atoms with van der Waals surface area (Å²) in [6, 6.07) is 4.35. The molecule has 1 aromatic carbocycles. The molecule has 2 rings (SSSR count). The molecule has 0 saturated carbocycles. The minimum absolute atomic E-state index is 0.922. The van der Waals surface area contributed by atoms with Crippen molar-refractivity contribution in [2.24, 2.45) is 0 Å². The van der Waals surface area contributed by atoms with Crippen LogP contribution in [0.25, 0.3) is 0 Å². The van der Waals surface area contributed by atoms with Gasteiger partial charge < -0.3 is 0 Å². The molecule has 0 unspecified atom stereocenters. The van der Waals surface area contributed by atoms with E-state index in [1.165, 1.54) is 36.0 Å². The standard InChI is InChI=1S/C10H11Cl/c1-7-5-8-3-2-4-9(8)6-10(7)11/h5-6H,2-4H2,1H3. The molecule has 0 fully saturated rings. The van der Waals surface area contributed by atoms with Crippen LogP contribution in [0.2, 0.25) is 5.02 Å². The maximum absolute atomic E-state index is 5.99. The molecule has 0 radical (unpaired) electrons. The van der Waals surface area contributed by atoms with Crippen molar-refractivity contribution >= 4 is 11.6 Å². The minimum Gasteiger partial charge on any atom is -0.0840 e. The fraction of sp³-hybridized carbons (Fsp3) is 0.400. The summed E-state index contributed by atoms with van der Waals surface area (Å²) in [6.45, 7) is 2.07. The molecular weight excluding hydrogens is 156 g/mol. The highest BCUT2D eigenvalue weighted by Crippen LogP contribution is 2.27. The van der Waals surface area contributed by atoms with E-state index in [1.54, 1.807) is 0 Å². The van der Waals surface area contributed by atoms with Crippen LogP contribution in [-0.2, 0) is 12.8 Å². The van der Waals surface area contributed by atoms with Gasteiger partial charge in [-0.1, -0.05) is 17.7 Å². The van der Waals surface area contributed by atoms with Gasteiger partial charge in [0.1, 0.15) is 0 Å². The zero-order chi connectivity index (χ0) is 7.84. The van der Waals surface area contributed by atoms with Crippen molar-refractivity contribution in [2.45, 2.75) is 26.2 Å². The van der Waals surface area contributed by atoms with Crippen molar-refractivity contribution in [3.05, 3.63) is 33.8 Å². The third kappa shape index (κ3) is 1.16. The van der Waals surface area contributed by atoms with E-state index in [0.29, 0.717) is 0 Å². The van der Waals surface area contributed by atoms with E-state index >= 15 is 0 Å². The van der Waals surface area contributed by atoms with E-state index in [1.807, 2.05) is 0 Å². The Morgan fingerprint density at radius 1 is 1.18 bits per heavy atom. The topological polar surface area (TPSA) is 0 Å². The molecule has 1 aliphatic rings. The van der Waals surface area contributed by atoms with E-state index < -0.39 is 0 Å². The van der Waals surface area contributed by atoms with Crippen molar-refractivity contribution in [1.82, 2.24) is 0 Å². The molecule has 0 saturated heterocycles. The maximum Gasteiger partial charge on any atom is 0.0438 e. The highest BCUT2D eigenvalue weighted by molar-refractivity contribution is 6.31. The van der Waals surface area contributed by atoms with Crippen LogP contribution in [0.3, 0.4) is 0 Å². The summed E-state index contributed by atoms with van der Waals surface area (Å²) in [5, 5.41) is 0.922. The van der Waals surface area contributed by atoms with E-state index in [-0.39, 0.29) is 0 Å². The summed E-state index contributed by atoms with van der Waals surface area (Å²) in [4.78, 5) is 0. The second-order valence-electron chi connectivity index (χ2n) is 3.22. The van der Waals surface area contributed by atoms with Crippen LogP contribution >= 0.6 is 11.6 Å². The first-order valence-corrected chi connectivity index (χ1v) is 4.43. The van der Waals surface area contributed by atoms with Gasteiger partial charge >= 0.3 is 0 Å². The van der Waals surface area contributed by atoms with Gasteiger partial charge in [-0.15, -0.1) is 0 Å². The quantitative estimate of drug-likeness (QED) is 0.556. The number of rotatable bonds is 0. The SMILES string of the molecule is Cc1cc2c(cc1Cl)CCC2. The molecule has 0 atom stereocenters. The Kier molecular flexibility index (Phi) is 1.65. The van der Waals surface area contributed by atoms with E-state index in [9.17, 15) is 0 Å². The van der Waals surface area contributed by atoms with Gasteiger partial charge in [0, 0.05) is 5.02 Å². The fourth-order valence-electron chi connectivity index (χ4n) is 1.72. The highest BCUT2D eigenvalue weighted by atomic mass is 35.5. The Labute approximate surface area is 72.2 Å². The second kappa shape index (κ2) is 2.53. The molecule has 0 aliphatic heterocycles. The normalized spacial score (nSPS) is 15.1. The Bertz CT molecular complexity index is 260. The van der Waals surface area contributed by atoms with E-state index in [0.717, 1.165) is 5.02 Å². The van der Waals surface area contributed by atoms with Gasteiger partial charge in [-0.25, -0.2) is 0 Å². The van der Waals surface area contributed by atoms with Crippen molar-refractivity contribution in [3.63, 3.8) is 0 Å².